The SMILES string of the molecule is CCCCCCCCCCCCCCCCOCCCOP(=O)(O)COC[C@H]1O[C@@H](n2cc(C(N)=O)c3c(N)nc(C)nc32)[C@H](O)[C@@H]1O. The van der Waals surface area contributed by atoms with Crippen molar-refractivity contribution in [3.8, 4) is 0 Å². The first-order valence-corrected chi connectivity index (χ1v) is 19.4. The van der Waals surface area contributed by atoms with Crippen LogP contribution in [0.3, 0.4) is 0 Å². The van der Waals surface area contributed by atoms with Gasteiger partial charge in [0.15, 0.2) is 6.23 Å². The monoisotopic (exact) mass is 699 g/mol. The van der Waals surface area contributed by atoms with E-state index in [1.165, 1.54) is 87.8 Å². The van der Waals surface area contributed by atoms with E-state index in [4.69, 9.17) is 30.2 Å². The Bertz CT molecular complexity index is 1300. The van der Waals surface area contributed by atoms with E-state index < -0.39 is 44.4 Å². The zero-order valence-corrected chi connectivity index (χ0v) is 29.7. The molecule has 48 heavy (non-hydrogen) atoms. The summed E-state index contributed by atoms with van der Waals surface area (Å²) in [5.74, 6) is -0.423. The molecule has 0 saturated carbocycles. The van der Waals surface area contributed by atoms with Gasteiger partial charge >= 0.3 is 7.60 Å². The lowest BCUT2D eigenvalue weighted by Gasteiger charge is -2.18. The van der Waals surface area contributed by atoms with Gasteiger partial charge in [0.1, 0.15) is 41.9 Å². The summed E-state index contributed by atoms with van der Waals surface area (Å²) in [7, 11) is -4.07. The summed E-state index contributed by atoms with van der Waals surface area (Å²) in [5, 5.41) is 21.5. The minimum absolute atomic E-state index is 0.0334. The summed E-state index contributed by atoms with van der Waals surface area (Å²) in [6.07, 6.45) is 14.4. The number of hydrogen-bond donors (Lipinski definition) is 5. The molecule has 1 saturated heterocycles. The third-order valence-corrected chi connectivity index (χ3v) is 9.69. The highest BCUT2D eigenvalue weighted by Gasteiger charge is 2.45. The van der Waals surface area contributed by atoms with Gasteiger partial charge < -0.3 is 49.9 Å². The molecular weight excluding hydrogens is 641 g/mol. The van der Waals surface area contributed by atoms with Gasteiger partial charge in [-0.15, -0.1) is 0 Å². The van der Waals surface area contributed by atoms with Crippen LogP contribution in [0.15, 0.2) is 6.20 Å². The Hall–Kier alpha value is -2.16. The van der Waals surface area contributed by atoms with Gasteiger partial charge in [0.25, 0.3) is 5.91 Å². The predicted molar refractivity (Wildman–Crippen MR) is 183 cm³/mol. The fourth-order valence-corrected chi connectivity index (χ4v) is 6.78. The number of rotatable bonds is 26. The van der Waals surface area contributed by atoms with Gasteiger partial charge in [0.2, 0.25) is 0 Å². The molecule has 0 aliphatic carbocycles. The molecule has 1 aliphatic heterocycles. The Kier molecular flexibility index (Phi) is 17.7. The number of nitrogens with zero attached hydrogens (tertiary/aromatic N) is 3. The minimum Gasteiger partial charge on any atom is -0.387 e. The number of aliphatic hydroxyl groups is 2. The summed E-state index contributed by atoms with van der Waals surface area (Å²) in [6, 6.07) is 0. The van der Waals surface area contributed by atoms with Crippen molar-refractivity contribution in [1.82, 2.24) is 14.5 Å². The number of carbonyl (C=O) groups is 1. The number of hydrogen-bond acceptors (Lipinski definition) is 11. The van der Waals surface area contributed by atoms with Crippen molar-refractivity contribution in [2.75, 3.05) is 38.5 Å². The first-order chi connectivity index (χ1) is 23.1. The molecule has 1 unspecified atom stereocenters. The minimum atomic E-state index is -4.07. The van der Waals surface area contributed by atoms with Crippen molar-refractivity contribution >= 4 is 30.4 Å². The Morgan fingerprint density at radius 3 is 2.08 bits per heavy atom. The molecule has 2 aromatic heterocycles. The molecule has 7 N–H and O–H groups in total. The van der Waals surface area contributed by atoms with Crippen LogP contribution in [0.4, 0.5) is 5.82 Å². The number of ether oxygens (including phenoxy) is 3. The number of carbonyl (C=O) groups excluding carboxylic acids is 1. The summed E-state index contributed by atoms with van der Waals surface area (Å²) >= 11 is 0. The topological polar surface area (TPSA) is 214 Å². The van der Waals surface area contributed by atoms with Gasteiger partial charge in [0.05, 0.1) is 24.2 Å². The van der Waals surface area contributed by atoms with Crippen LogP contribution in [0.1, 0.15) is 126 Å². The molecule has 0 aromatic carbocycles. The van der Waals surface area contributed by atoms with Crippen LogP contribution in [0.25, 0.3) is 11.0 Å². The molecule has 1 aliphatic rings. The van der Waals surface area contributed by atoms with E-state index in [2.05, 4.69) is 16.9 Å². The number of amides is 1. The van der Waals surface area contributed by atoms with E-state index in [0.717, 1.165) is 12.8 Å². The van der Waals surface area contributed by atoms with Crippen molar-refractivity contribution in [1.29, 1.82) is 0 Å². The fourth-order valence-electron chi connectivity index (χ4n) is 5.96. The molecule has 274 valence electrons. The van der Waals surface area contributed by atoms with E-state index in [0.29, 0.717) is 25.5 Å². The highest BCUT2D eigenvalue weighted by molar-refractivity contribution is 7.52. The van der Waals surface area contributed by atoms with Crippen molar-refractivity contribution in [3.05, 3.63) is 17.6 Å². The standard InChI is InChI=1S/C33H58N5O9P/c1-3-4-5-6-7-8-9-10-11-12-13-14-15-16-18-44-19-17-20-46-48(42,43)23-45-22-26-28(39)29(40)33(47-26)38-21-25(31(35)41)27-30(34)36-24(2)37-32(27)38/h21,26,28-29,33,39-40H,3-20,22-23H2,1-2H3,(H2,35,41)(H,42,43)(H2,34,36,37)/t26-,28-,29-,33-/m1/s1. The zero-order valence-electron chi connectivity index (χ0n) is 28.8. The van der Waals surface area contributed by atoms with Gasteiger partial charge in [-0.1, -0.05) is 90.4 Å². The summed E-state index contributed by atoms with van der Waals surface area (Å²) < 4.78 is 35.7. The first-order valence-electron chi connectivity index (χ1n) is 17.6. The number of fused-ring (bicyclic) bond motifs is 1. The Morgan fingerprint density at radius 2 is 1.48 bits per heavy atom. The number of primary amides is 1. The zero-order chi connectivity index (χ0) is 34.9. The molecule has 0 spiro atoms. The smallest absolute Gasteiger partial charge is 0.353 e. The molecular formula is C33H58N5O9P. The summed E-state index contributed by atoms with van der Waals surface area (Å²) in [4.78, 5) is 30.6. The van der Waals surface area contributed by atoms with Crippen LogP contribution >= 0.6 is 7.60 Å². The maximum absolute atomic E-state index is 12.4. The molecule has 0 bridgehead atoms. The maximum atomic E-state index is 12.4. The molecule has 14 nitrogen and oxygen atoms in total. The Morgan fingerprint density at radius 1 is 0.896 bits per heavy atom. The molecule has 1 amide bonds. The van der Waals surface area contributed by atoms with Gasteiger partial charge in [0, 0.05) is 19.4 Å². The number of aromatic nitrogens is 3. The Balaban J connectivity index is 1.24. The lowest BCUT2D eigenvalue weighted by molar-refractivity contribution is -0.0614. The number of anilines is 1. The van der Waals surface area contributed by atoms with Crippen molar-refractivity contribution in [3.63, 3.8) is 0 Å². The molecule has 1 fully saturated rings. The molecule has 0 radical (unpaired) electrons. The number of unbranched alkanes of at least 4 members (excludes halogenated alkanes) is 13. The predicted octanol–water partition coefficient (Wildman–Crippen LogP) is 5.10. The second-order valence-electron chi connectivity index (χ2n) is 12.7. The van der Waals surface area contributed by atoms with Crippen LogP contribution in [0.2, 0.25) is 0 Å². The van der Waals surface area contributed by atoms with E-state index in [1.54, 1.807) is 6.92 Å². The third kappa shape index (κ3) is 12.9. The lowest BCUT2D eigenvalue weighted by atomic mass is 10.0. The number of nitrogens with two attached hydrogens (primary N) is 2. The van der Waals surface area contributed by atoms with E-state index in [9.17, 15) is 24.5 Å². The van der Waals surface area contributed by atoms with Gasteiger partial charge in [-0.3, -0.25) is 9.36 Å². The molecule has 3 heterocycles. The highest BCUT2D eigenvalue weighted by atomic mass is 31.2. The molecule has 3 rings (SSSR count). The highest BCUT2D eigenvalue weighted by Crippen LogP contribution is 2.42. The van der Waals surface area contributed by atoms with Crippen LogP contribution in [0, 0.1) is 6.92 Å². The van der Waals surface area contributed by atoms with E-state index in [1.807, 2.05) is 0 Å². The van der Waals surface area contributed by atoms with Crippen molar-refractivity contribution < 1.29 is 43.2 Å². The lowest BCUT2D eigenvalue weighted by Crippen LogP contribution is -2.34. The van der Waals surface area contributed by atoms with Crippen LogP contribution in [-0.2, 0) is 23.3 Å². The summed E-state index contributed by atoms with van der Waals surface area (Å²) in [6.45, 7) is 4.69. The second-order valence-corrected chi connectivity index (χ2v) is 14.5. The van der Waals surface area contributed by atoms with Gasteiger partial charge in [-0.05, 0) is 19.8 Å². The number of aliphatic hydroxyl groups excluding tert-OH is 2. The largest absolute Gasteiger partial charge is 0.387 e. The van der Waals surface area contributed by atoms with Gasteiger partial charge in [-0.2, -0.15) is 0 Å². The second kappa shape index (κ2) is 21.1. The Labute approximate surface area is 284 Å². The van der Waals surface area contributed by atoms with Crippen LogP contribution < -0.4 is 11.5 Å². The molecule has 2 aromatic rings. The van der Waals surface area contributed by atoms with Crippen LogP contribution in [-0.4, -0.2) is 86.6 Å². The molecule has 15 heteroatoms. The average Bonchev–Trinajstić information content (AvgIpc) is 3.55. The first kappa shape index (κ1) is 40.3. The van der Waals surface area contributed by atoms with Gasteiger partial charge in [-0.25, -0.2) is 9.97 Å². The fraction of sp³-hybridized carbons (Fsp3) is 0.788. The normalized spacial score (nSPS) is 20.9. The average molecular weight is 700 g/mol. The van der Waals surface area contributed by atoms with E-state index >= 15 is 0 Å². The van der Waals surface area contributed by atoms with Crippen LogP contribution in [0.5, 0.6) is 0 Å². The van der Waals surface area contributed by atoms with Crippen molar-refractivity contribution in [2.45, 2.75) is 135 Å². The third-order valence-electron chi connectivity index (χ3n) is 8.59. The number of nitrogen functional groups attached to an aromatic ring is 1. The molecule has 5 atom stereocenters. The summed E-state index contributed by atoms with van der Waals surface area (Å²) in [5.41, 5.74) is 11.7. The maximum Gasteiger partial charge on any atom is 0.353 e. The van der Waals surface area contributed by atoms with Crippen molar-refractivity contribution in [2.24, 2.45) is 5.73 Å². The quantitative estimate of drug-likeness (QED) is 0.0640. The number of aryl methyl sites for hydroxylation is 1. The van der Waals surface area contributed by atoms with E-state index in [-0.39, 0.29) is 35.6 Å².